The van der Waals surface area contributed by atoms with E-state index in [2.05, 4.69) is 4.74 Å². The van der Waals surface area contributed by atoms with E-state index in [4.69, 9.17) is 5.73 Å². The van der Waals surface area contributed by atoms with Gasteiger partial charge in [0.1, 0.15) is 13.2 Å². The van der Waals surface area contributed by atoms with Crippen molar-refractivity contribution in [3.63, 3.8) is 0 Å². The van der Waals surface area contributed by atoms with Gasteiger partial charge in [0, 0.05) is 19.1 Å². The number of alkyl halides is 3. The maximum Gasteiger partial charge on any atom is 0.411 e. The van der Waals surface area contributed by atoms with Crippen molar-refractivity contribution in [3.8, 4) is 0 Å². The van der Waals surface area contributed by atoms with Gasteiger partial charge < -0.3 is 15.4 Å². The van der Waals surface area contributed by atoms with E-state index in [-0.39, 0.29) is 6.04 Å². The molecule has 7 heteroatoms. The second-order valence-corrected chi connectivity index (χ2v) is 3.71. The highest BCUT2D eigenvalue weighted by atomic mass is 19.4. The summed E-state index contributed by atoms with van der Waals surface area (Å²) in [6.45, 7) is -1.24. The smallest absolute Gasteiger partial charge is 0.362 e. The fourth-order valence-corrected chi connectivity index (χ4v) is 1.37. The number of amides is 1. The first kappa shape index (κ1) is 13.2. The van der Waals surface area contributed by atoms with Gasteiger partial charge in [-0.15, -0.1) is 0 Å². The topological polar surface area (TPSA) is 55.6 Å². The van der Waals surface area contributed by atoms with Crippen molar-refractivity contribution in [2.24, 2.45) is 5.73 Å². The van der Waals surface area contributed by atoms with Gasteiger partial charge in [0.15, 0.2) is 0 Å². The third-order valence-electron chi connectivity index (χ3n) is 2.17. The van der Waals surface area contributed by atoms with Gasteiger partial charge in [0.2, 0.25) is 5.91 Å². The molecule has 1 saturated carbocycles. The summed E-state index contributed by atoms with van der Waals surface area (Å²) in [4.78, 5) is 13.0. The van der Waals surface area contributed by atoms with Crippen LogP contribution in [0.2, 0.25) is 0 Å². The predicted octanol–water partition coefficient (Wildman–Crippen LogP) is 0.515. The van der Waals surface area contributed by atoms with Crippen molar-refractivity contribution < 1.29 is 22.7 Å². The minimum absolute atomic E-state index is 0.144. The lowest BCUT2D eigenvalue weighted by molar-refractivity contribution is -0.177. The second-order valence-electron chi connectivity index (χ2n) is 3.71. The van der Waals surface area contributed by atoms with Crippen molar-refractivity contribution in [2.45, 2.75) is 25.1 Å². The number of nitrogens with two attached hydrogens (primary N) is 1. The SMILES string of the molecule is NCCN(C(=O)COCC(F)(F)F)C1CC1. The van der Waals surface area contributed by atoms with Crippen LogP contribution in [0.1, 0.15) is 12.8 Å². The number of hydrogen-bond acceptors (Lipinski definition) is 3. The van der Waals surface area contributed by atoms with Crippen LogP contribution in [0.5, 0.6) is 0 Å². The molecule has 0 spiro atoms. The highest BCUT2D eigenvalue weighted by Gasteiger charge is 2.33. The fourth-order valence-electron chi connectivity index (χ4n) is 1.37. The zero-order valence-electron chi connectivity index (χ0n) is 8.79. The van der Waals surface area contributed by atoms with E-state index < -0.39 is 25.3 Å². The van der Waals surface area contributed by atoms with E-state index in [1.54, 1.807) is 0 Å². The summed E-state index contributed by atoms with van der Waals surface area (Å²) >= 11 is 0. The quantitative estimate of drug-likeness (QED) is 0.736. The summed E-state index contributed by atoms with van der Waals surface area (Å²) in [5.41, 5.74) is 5.32. The summed E-state index contributed by atoms with van der Waals surface area (Å²) in [5.74, 6) is -0.419. The lowest BCUT2D eigenvalue weighted by atomic mass is 10.4. The molecule has 4 nitrogen and oxygen atoms in total. The summed E-state index contributed by atoms with van der Waals surface area (Å²) in [6, 6.07) is 0.144. The number of carbonyl (C=O) groups excluding carboxylic acids is 1. The monoisotopic (exact) mass is 240 g/mol. The molecule has 1 aliphatic carbocycles. The van der Waals surface area contributed by atoms with Crippen molar-refractivity contribution in [1.82, 2.24) is 4.90 Å². The number of ether oxygens (including phenoxy) is 1. The highest BCUT2D eigenvalue weighted by Crippen LogP contribution is 2.26. The molecule has 16 heavy (non-hydrogen) atoms. The molecule has 0 radical (unpaired) electrons. The molecule has 0 unspecified atom stereocenters. The van der Waals surface area contributed by atoms with Crippen LogP contribution in [0, 0.1) is 0 Å². The Morgan fingerprint density at radius 1 is 1.44 bits per heavy atom. The predicted molar refractivity (Wildman–Crippen MR) is 50.7 cm³/mol. The Morgan fingerprint density at radius 3 is 2.50 bits per heavy atom. The molecule has 2 N–H and O–H groups in total. The van der Waals surface area contributed by atoms with Crippen LogP contribution in [0.25, 0.3) is 0 Å². The second kappa shape index (κ2) is 5.49. The van der Waals surface area contributed by atoms with Crippen LogP contribution in [0.3, 0.4) is 0 Å². The zero-order valence-corrected chi connectivity index (χ0v) is 8.79. The van der Waals surface area contributed by atoms with Crippen molar-refractivity contribution in [2.75, 3.05) is 26.3 Å². The normalized spacial score (nSPS) is 16.2. The zero-order chi connectivity index (χ0) is 12.2. The Morgan fingerprint density at radius 2 is 2.06 bits per heavy atom. The first-order valence-corrected chi connectivity index (χ1v) is 5.08. The third-order valence-corrected chi connectivity index (χ3v) is 2.17. The van der Waals surface area contributed by atoms with E-state index in [0.29, 0.717) is 13.1 Å². The van der Waals surface area contributed by atoms with Gasteiger partial charge in [0.25, 0.3) is 0 Å². The number of nitrogens with zero attached hydrogens (tertiary/aromatic N) is 1. The molecule has 94 valence electrons. The molecule has 0 saturated heterocycles. The number of carbonyl (C=O) groups is 1. The molecule has 0 heterocycles. The molecule has 0 aromatic heterocycles. The van der Waals surface area contributed by atoms with Gasteiger partial charge in [-0.05, 0) is 12.8 Å². The van der Waals surface area contributed by atoms with Crippen LogP contribution in [-0.4, -0.2) is 49.3 Å². The molecular weight excluding hydrogens is 225 g/mol. The van der Waals surface area contributed by atoms with Crippen molar-refractivity contribution in [1.29, 1.82) is 0 Å². The maximum absolute atomic E-state index is 11.8. The minimum atomic E-state index is -4.39. The molecule has 1 rings (SSSR count). The molecule has 0 atom stereocenters. The van der Waals surface area contributed by atoms with Gasteiger partial charge in [-0.3, -0.25) is 4.79 Å². The highest BCUT2D eigenvalue weighted by molar-refractivity contribution is 5.78. The van der Waals surface area contributed by atoms with Crippen molar-refractivity contribution in [3.05, 3.63) is 0 Å². The Balaban J connectivity index is 2.26. The summed E-state index contributed by atoms with van der Waals surface area (Å²) in [5, 5.41) is 0. The van der Waals surface area contributed by atoms with Crippen LogP contribution in [-0.2, 0) is 9.53 Å². The van der Waals surface area contributed by atoms with Gasteiger partial charge in [-0.2, -0.15) is 13.2 Å². The third kappa shape index (κ3) is 4.80. The molecule has 1 amide bonds. The van der Waals surface area contributed by atoms with Crippen molar-refractivity contribution >= 4 is 5.91 Å². The molecule has 1 aliphatic rings. The van der Waals surface area contributed by atoms with Crippen LogP contribution < -0.4 is 5.73 Å². The Labute approximate surface area is 91.5 Å². The molecule has 0 aromatic rings. The summed E-state index contributed by atoms with van der Waals surface area (Å²) in [7, 11) is 0. The first-order valence-electron chi connectivity index (χ1n) is 5.08. The van der Waals surface area contributed by atoms with Crippen LogP contribution >= 0.6 is 0 Å². The molecule has 0 bridgehead atoms. The number of halogens is 3. The Bertz CT molecular complexity index is 241. The molecule has 0 aliphatic heterocycles. The van der Waals surface area contributed by atoms with Gasteiger partial charge in [-0.1, -0.05) is 0 Å². The van der Waals surface area contributed by atoms with Crippen LogP contribution in [0.15, 0.2) is 0 Å². The average molecular weight is 240 g/mol. The molecule has 0 aromatic carbocycles. The van der Waals surface area contributed by atoms with Crippen LogP contribution in [0.4, 0.5) is 13.2 Å². The number of hydrogen-bond donors (Lipinski definition) is 1. The maximum atomic E-state index is 11.8. The first-order chi connectivity index (χ1) is 7.44. The fraction of sp³-hybridized carbons (Fsp3) is 0.889. The largest absolute Gasteiger partial charge is 0.411 e. The van der Waals surface area contributed by atoms with Gasteiger partial charge in [0.05, 0.1) is 0 Å². The average Bonchev–Trinajstić information content (AvgIpc) is 2.95. The van der Waals surface area contributed by atoms with E-state index in [0.717, 1.165) is 12.8 Å². The van der Waals surface area contributed by atoms with E-state index in [1.807, 2.05) is 0 Å². The Hall–Kier alpha value is -0.820. The molecule has 1 fully saturated rings. The van der Waals surface area contributed by atoms with Gasteiger partial charge >= 0.3 is 6.18 Å². The minimum Gasteiger partial charge on any atom is -0.362 e. The molecular formula is C9H15F3N2O2. The summed E-state index contributed by atoms with van der Waals surface area (Å²) < 4.78 is 39.6. The summed E-state index contributed by atoms with van der Waals surface area (Å²) in [6.07, 6.45) is -2.60. The lowest BCUT2D eigenvalue weighted by Crippen LogP contribution is -2.39. The van der Waals surface area contributed by atoms with E-state index >= 15 is 0 Å². The van der Waals surface area contributed by atoms with Gasteiger partial charge in [-0.25, -0.2) is 0 Å². The Kier molecular flexibility index (Phi) is 4.55. The lowest BCUT2D eigenvalue weighted by Gasteiger charge is -2.21. The van der Waals surface area contributed by atoms with E-state index in [9.17, 15) is 18.0 Å². The number of rotatable bonds is 6. The standard InChI is InChI=1S/C9H15F3N2O2/c10-9(11,12)6-16-5-8(15)14(4-3-13)7-1-2-7/h7H,1-6,13H2. The van der Waals surface area contributed by atoms with E-state index in [1.165, 1.54) is 4.90 Å².